The molecule has 9 atom stereocenters. The number of aliphatic hydroxyl groups excluding tert-OH is 3. The molecule has 0 aromatic rings. The second kappa shape index (κ2) is 116. The molecular weight excluding hydrogens is 1860 g/mol. The summed E-state index contributed by atoms with van der Waals surface area (Å²) >= 11 is 0. The van der Waals surface area contributed by atoms with Crippen LogP contribution in [-0.4, -0.2) is 290 Å². The quantitative estimate of drug-likeness (QED) is 0.0200. The van der Waals surface area contributed by atoms with Crippen LogP contribution in [0.3, 0.4) is 0 Å². The summed E-state index contributed by atoms with van der Waals surface area (Å²) in [6.07, 6.45) is 38.9. The molecule has 0 radical (unpaired) electrons. The van der Waals surface area contributed by atoms with Crippen molar-refractivity contribution >= 4 is 39.1 Å². The summed E-state index contributed by atoms with van der Waals surface area (Å²) in [6, 6.07) is 0. The van der Waals surface area contributed by atoms with Gasteiger partial charge in [0.05, 0.1) is 187 Å². The van der Waals surface area contributed by atoms with E-state index < -0.39 is 57.4 Å². The molecule has 0 saturated heterocycles. The molecule has 0 fully saturated rings. The van der Waals surface area contributed by atoms with Crippen molar-refractivity contribution in [3.05, 3.63) is 0 Å². The number of hydrogen-bond acceptors (Lipinski definition) is 29. The van der Waals surface area contributed by atoms with Crippen molar-refractivity contribution in [1.82, 2.24) is 0 Å². The Labute approximate surface area is 821 Å². The van der Waals surface area contributed by atoms with Gasteiger partial charge in [-0.05, 0) is 133 Å². The lowest BCUT2D eigenvalue weighted by Gasteiger charge is -2.23. The fourth-order valence-corrected chi connectivity index (χ4v) is 13.4. The van der Waals surface area contributed by atoms with Crippen LogP contribution in [0.15, 0.2) is 0 Å². The highest BCUT2D eigenvalue weighted by Crippen LogP contribution is 2.47. The van der Waals surface area contributed by atoms with Gasteiger partial charge in [-0.2, -0.15) is 0 Å². The first-order valence-electron chi connectivity index (χ1n) is 51.2. The molecule has 10 N–H and O–H groups in total. The molecule has 0 rings (SSSR count). The number of phosphoric ester groups is 5. The number of unbranched alkanes of at least 4 members (excludes halogenated alkanes) is 26. The molecule has 0 amide bonds. The average molecular weight is 2070 g/mol. The molecule has 0 aromatic heterocycles. The molecule has 0 aliphatic carbocycles. The monoisotopic (exact) mass is 2070 g/mol. The Morgan fingerprint density at radius 1 is 0.193 bits per heavy atom. The van der Waals surface area contributed by atoms with Gasteiger partial charge in [-0.1, -0.05) is 243 Å². The summed E-state index contributed by atoms with van der Waals surface area (Å²) in [5, 5.41) is 25.7. The maximum Gasteiger partial charge on any atom is 0.472 e. The second-order valence-electron chi connectivity index (χ2n) is 33.2. The van der Waals surface area contributed by atoms with Crippen molar-refractivity contribution in [2.45, 2.75) is 431 Å². The normalized spacial score (nSPS) is 14.1. The average Bonchev–Trinajstić information content (AvgIpc) is 0.892. The smallest absolute Gasteiger partial charge is 0.396 e. The third-order valence-electron chi connectivity index (χ3n) is 18.1. The van der Waals surface area contributed by atoms with Crippen molar-refractivity contribution in [3.63, 3.8) is 0 Å². The highest BCUT2D eigenvalue weighted by molar-refractivity contribution is 7.48. The summed E-state index contributed by atoms with van der Waals surface area (Å²) in [5.74, 6) is 0. The van der Waals surface area contributed by atoms with Gasteiger partial charge in [0.25, 0.3) is 0 Å². The van der Waals surface area contributed by atoms with Gasteiger partial charge in [0, 0.05) is 52.9 Å². The summed E-state index contributed by atoms with van der Waals surface area (Å²) in [5.41, 5.74) is 0. The van der Waals surface area contributed by atoms with Crippen molar-refractivity contribution in [2.75, 3.05) is 185 Å². The summed E-state index contributed by atoms with van der Waals surface area (Å²) in [7, 11) is -20.6. The first kappa shape index (κ1) is 150. The maximum absolute atomic E-state index is 12.4. The predicted molar refractivity (Wildman–Crippen MR) is 538 cm³/mol. The molecule has 0 aliphatic heterocycles. The number of phosphoric acid groups is 5. The Hall–Kier alpha value is -0.0900. The molecule has 41 heteroatoms. The minimum atomic E-state index is -4.30. The topological polar surface area (TPSA) is 481 Å². The second-order valence-corrected chi connectivity index (χ2v) is 40.0. The van der Waals surface area contributed by atoms with Crippen LogP contribution in [0.4, 0.5) is 0 Å². The maximum atomic E-state index is 12.4. The minimum Gasteiger partial charge on any atom is -0.396 e. The Kier molecular flexibility index (Phi) is 129. The van der Waals surface area contributed by atoms with E-state index in [0.717, 1.165) is 168 Å². The highest BCUT2D eigenvalue weighted by atomic mass is 31.2. The van der Waals surface area contributed by atoms with Crippen LogP contribution >= 0.6 is 39.1 Å². The van der Waals surface area contributed by atoms with Gasteiger partial charge in [0.2, 0.25) is 0 Å². The highest BCUT2D eigenvalue weighted by Gasteiger charge is 2.29. The first-order valence-corrected chi connectivity index (χ1v) is 58.8. The Morgan fingerprint density at radius 2 is 0.400 bits per heavy atom. The lowest BCUT2D eigenvalue weighted by atomic mass is 10.1. The molecule has 36 nitrogen and oxygen atoms in total. The zero-order valence-electron chi connectivity index (χ0n) is 88.5. The Morgan fingerprint density at radius 3 is 0.659 bits per heavy atom. The van der Waals surface area contributed by atoms with Gasteiger partial charge in [0.1, 0.15) is 0 Å². The van der Waals surface area contributed by atoms with Gasteiger partial charge in [-0.15, -0.1) is 0 Å². The van der Waals surface area contributed by atoms with Crippen LogP contribution in [0.5, 0.6) is 0 Å². The van der Waals surface area contributed by atoms with Gasteiger partial charge in [0.15, 0.2) is 0 Å². The summed E-state index contributed by atoms with van der Waals surface area (Å²) in [4.78, 5) is 62.1. The molecule has 0 aromatic carbocycles. The van der Waals surface area contributed by atoms with Crippen LogP contribution in [0, 0.1) is 0 Å². The fraction of sp³-hybridized carbons (Fsp3) is 1.00. The van der Waals surface area contributed by atoms with Crippen molar-refractivity contribution in [2.24, 2.45) is 0 Å². The van der Waals surface area contributed by atoms with Crippen LogP contribution in [0.25, 0.3) is 0 Å². The molecule has 0 heterocycles. The van der Waals surface area contributed by atoms with E-state index >= 15 is 0 Å². The third kappa shape index (κ3) is 149. The van der Waals surface area contributed by atoms with Gasteiger partial charge < -0.3 is 111 Å². The van der Waals surface area contributed by atoms with Crippen LogP contribution < -0.4 is 0 Å². The molecule has 9 unspecified atom stereocenters. The van der Waals surface area contributed by atoms with E-state index in [9.17, 15) is 37.5 Å². The van der Waals surface area contributed by atoms with E-state index in [0.29, 0.717) is 106 Å². The predicted octanol–water partition coefficient (Wildman–Crippen LogP) is 21.9. The van der Waals surface area contributed by atoms with Crippen molar-refractivity contribution < 1.29 is 170 Å². The lowest BCUT2D eigenvalue weighted by molar-refractivity contribution is -0.0765. The van der Waals surface area contributed by atoms with Crippen molar-refractivity contribution in [3.8, 4) is 0 Å². The largest absolute Gasteiger partial charge is 0.472 e. The number of hydrogen-bond donors (Lipinski definition) is 10. The van der Waals surface area contributed by atoms with Crippen LogP contribution in [0.1, 0.15) is 376 Å². The molecule has 135 heavy (non-hydrogen) atoms. The van der Waals surface area contributed by atoms with Gasteiger partial charge in [-0.25, -0.2) is 22.8 Å². The minimum absolute atomic E-state index is 0.00249. The molecule has 826 valence electrons. The molecule has 0 bridgehead atoms. The van der Waals surface area contributed by atoms with Gasteiger partial charge in [-0.3, -0.25) is 36.2 Å². The van der Waals surface area contributed by atoms with E-state index in [1.165, 1.54) is 96.3 Å². The Bertz CT molecular complexity index is 2380. The lowest BCUT2D eigenvalue weighted by Crippen LogP contribution is -2.27. The molecule has 0 spiro atoms. The fourth-order valence-electron chi connectivity index (χ4n) is 10.2. The van der Waals surface area contributed by atoms with E-state index in [1.807, 2.05) is 48.5 Å². The van der Waals surface area contributed by atoms with E-state index in [2.05, 4.69) is 78.3 Å². The SMILES string of the molecule is CCCCCCCCOP(=O)(O)O.CCCCCCCCOP(=O)(O)OCCCCCCCC.CCCCCCCO.CCCCOCC(C)OCC(C)OCC(C)O.CCCCOCC(C)OCC(C)OCC(C)OP(=O)(O)OC(C)COC(C)COC(C)COCCCC.CCCCOCCO.CCCCOCCOP(=O)(O)O.CCCCOCCOP(=O)(O)OCCOCCCC. The Balaban J connectivity index is -0.000000240. The molecule has 0 aliphatic rings. The number of ether oxygens (including phenoxy) is 13. The summed E-state index contributed by atoms with van der Waals surface area (Å²) < 4.78 is 165. The number of rotatable bonds is 92. The summed E-state index contributed by atoms with van der Waals surface area (Å²) in [6.45, 7) is 51.2. The standard InChI is InChI=1S/C26H55O10P.C16H35O4P.C13H28O4.C12H27O6P.C8H19O4P.C7H16O.C6H15O5P.C6H14O2/c1-9-11-13-29-15-21(3)31-17-23(5)33-19-25(7)35-37(27,28)36-26(8)20-34-24(6)18-32-22(4)16-30-14-12-10-2;1-3-5-7-9-11-13-15-19-21(17,18)20-16-14-12-10-8-6-4-2;1-5-6-7-15-9-12(3)17-10-13(4)16-8-11(2)14;1-3-5-7-15-9-11-17-19(13,14)18-12-10-16-8-6-4-2;1-2-3-4-5-6-7-8-12-13(9,10)11;1-2-3-4-5-6-7-8;1-2-3-4-10-5-6-11-12(7,8)9;1-2-3-5-8-6-4-7/h21-26H,9-20H2,1-8H3,(H,27,28);3-16H2,1-2H3,(H,17,18);11-14H,5-10H2,1-4H3;3-12H2,1-2H3,(H,13,14);2-8H2,1H3,(H2,9,10,11);8H,2-7H2,1H3;2-6H2,1H3,(H2,7,8,9);7H,2-6H2,1H3. The van der Waals surface area contributed by atoms with E-state index in [-0.39, 0.29) is 89.5 Å². The zero-order valence-corrected chi connectivity index (χ0v) is 93.0. The van der Waals surface area contributed by atoms with E-state index in [1.54, 1.807) is 20.8 Å². The van der Waals surface area contributed by atoms with Crippen molar-refractivity contribution in [1.29, 1.82) is 0 Å². The number of aliphatic hydroxyl groups is 3. The van der Waals surface area contributed by atoms with Crippen LogP contribution in [-0.2, 0) is 121 Å². The van der Waals surface area contributed by atoms with Gasteiger partial charge >= 0.3 is 39.1 Å². The molecule has 0 saturated carbocycles. The van der Waals surface area contributed by atoms with E-state index in [4.69, 9.17) is 124 Å². The molecular formula is C94H209O36P5. The van der Waals surface area contributed by atoms with Crippen LogP contribution in [0.2, 0.25) is 0 Å². The first-order chi connectivity index (χ1) is 64.2. The third-order valence-corrected chi connectivity index (χ3v) is 22.4. The zero-order chi connectivity index (χ0) is 104.